The summed E-state index contributed by atoms with van der Waals surface area (Å²) in [7, 11) is 1.30. The molecule has 1 atom stereocenters. The molecule has 0 aromatic heterocycles. The van der Waals surface area contributed by atoms with Crippen LogP contribution in [-0.4, -0.2) is 30.6 Å². The molecule has 0 saturated carbocycles. The molecule has 0 rings (SSSR count). The standard InChI is InChI=1S/C7H13NO3S/c1-4-5(6(9)11-2)8-7(10)12-3/h5H,4H2,1-3H3,(H,8,10). The lowest BCUT2D eigenvalue weighted by Crippen LogP contribution is -2.39. The highest BCUT2D eigenvalue weighted by molar-refractivity contribution is 8.12. The number of carbonyl (C=O) groups excluding carboxylic acids is 2. The fourth-order valence-electron chi connectivity index (χ4n) is 0.671. The van der Waals surface area contributed by atoms with Gasteiger partial charge in [0.15, 0.2) is 0 Å². The molecule has 0 bridgehead atoms. The van der Waals surface area contributed by atoms with Gasteiger partial charge in [0.2, 0.25) is 0 Å². The summed E-state index contributed by atoms with van der Waals surface area (Å²) in [5.74, 6) is -0.403. The summed E-state index contributed by atoms with van der Waals surface area (Å²) in [6, 6.07) is -0.519. The Morgan fingerprint density at radius 2 is 2.17 bits per heavy atom. The molecule has 5 heteroatoms. The first-order valence-electron chi connectivity index (χ1n) is 3.58. The molecule has 0 saturated heterocycles. The van der Waals surface area contributed by atoms with Crippen LogP contribution in [0.15, 0.2) is 0 Å². The maximum Gasteiger partial charge on any atom is 0.328 e. The molecule has 0 aromatic carbocycles. The average molecular weight is 191 g/mol. The van der Waals surface area contributed by atoms with Gasteiger partial charge in [0.1, 0.15) is 6.04 Å². The van der Waals surface area contributed by atoms with E-state index in [1.54, 1.807) is 6.26 Å². The van der Waals surface area contributed by atoms with E-state index in [4.69, 9.17) is 0 Å². The Balaban J connectivity index is 3.99. The van der Waals surface area contributed by atoms with Crippen molar-refractivity contribution in [2.75, 3.05) is 13.4 Å². The third kappa shape index (κ3) is 3.61. The summed E-state index contributed by atoms with van der Waals surface area (Å²) in [6.45, 7) is 1.81. The minimum absolute atomic E-state index is 0.216. The molecule has 0 fully saturated rings. The van der Waals surface area contributed by atoms with E-state index in [0.717, 1.165) is 11.8 Å². The molecule has 1 unspecified atom stereocenters. The van der Waals surface area contributed by atoms with Gasteiger partial charge >= 0.3 is 5.97 Å². The van der Waals surface area contributed by atoms with Gasteiger partial charge in [-0.15, -0.1) is 0 Å². The highest BCUT2D eigenvalue weighted by Crippen LogP contribution is 1.99. The average Bonchev–Trinajstić information content (AvgIpc) is 2.12. The number of thioether (sulfide) groups is 1. The third-order valence-corrected chi connectivity index (χ3v) is 1.86. The minimum atomic E-state index is -0.519. The van der Waals surface area contributed by atoms with Crippen LogP contribution >= 0.6 is 11.8 Å². The van der Waals surface area contributed by atoms with Crippen LogP contribution in [-0.2, 0) is 9.53 Å². The van der Waals surface area contributed by atoms with Crippen molar-refractivity contribution in [3.8, 4) is 0 Å². The molecular weight excluding hydrogens is 178 g/mol. The summed E-state index contributed by atoms with van der Waals surface area (Å²) in [4.78, 5) is 21.8. The van der Waals surface area contributed by atoms with Gasteiger partial charge in [0.05, 0.1) is 7.11 Å². The number of rotatable bonds is 3. The fraction of sp³-hybridized carbons (Fsp3) is 0.714. The van der Waals surface area contributed by atoms with E-state index in [1.807, 2.05) is 6.92 Å². The molecule has 0 aliphatic rings. The lowest BCUT2D eigenvalue weighted by atomic mass is 10.2. The van der Waals surface area contributed by atoms with E-state index >= 15 is 0 Å². The number of esters is 1. The van der Waals surface area contributed by atoms with Gasteiger partial charge in [-0.2, -0.15) is 0 Å². The zero-order valence-corrected chi connectivity index (χ0v) is 8.23. The lowest BCUT2D eigenvalue weighted by Gasteiger charge is -2.12. The SMILES string of the molecule is CCC(NC(=O)SC)C(=O)OC. The van der Waals surface area contributed by atoms with Gasteiger partial charge in [-0.1, -0.05) is 18.7 Å². The van der Waals surface area contributed by atoms with Crippen molar-refractivity contribution < 1.29 is 14.3 Å². The number of amides is 1. The van der Waals surface area contributed by atoms with Crippen LogP contribution < -0.4 is 5.32 Å². The molecule has 1 amide bonds. The van der Waals surface area contributed by atoms with Gasteiger partial charge in [0.25, 0.3) is 5.24 Å². The Morgan fingerprint density at radius 1 is 1.58 bits per heavy atom. The van der Waals surface area contributed by atoms with Gasteiger partial charge in [-0.25, -0.2) is 4.79 Å². The van der Waals surface area contributed by atoms with Gasteiger partial charge < -0.3 is 10.1 Å². The maximum absolute atomic E-state index is 10.9. The molecule has 1 N–H and O–H groups in total. The van der Waals surface area contributed by atoms with Crippen molar-refractivity contribution in [1.82, 2.24) is 5.32 Å². The molecule has 0 aliphatic carbocycles. The second-order valence-corrected chi connectivity index (χ2v) is 2.90. The monoisotopic (exact) mass is 191 g/mol. The van der Waals surface area contributed by atoms with Crippen molar-refractivity contribution >= 4 is 23.0 Å². The molecule has 12 heavy (non-hydrogen) atoms. The fourth-order valence-corrected chi connectivity index (χ4v) is 0.931. The zero-order chi connectivity index (χ0) is 9.56. The largest absolute Gasteiger partial charge is 0.467 e. The Bertz CT molecular complexity index is 172. The number of hydrogen-bond acceptors (Lipinski definition) is 4. The quantitative estimate of drug-likeness (QED) is 0.676. The molecular formula is C7H13NO3S. The second kappa shape index (κ2) is 5.88. The van der Waals surface area contributed by atoms with Crippen molar-refractivity contribution in [3.05, 3.63) is 0 Å². The number of ether oxygens (including phenoxy) is 1. The molecule has 0 aromatic rings. The third-order valence-electron chi connectivity index (χ3n) is 1.37. The molecule has 0 spiro atoms. The van der Waals surface area contributed by atoms with Crippen LogP contribution in [0.2, 0.25) is 0 Å². The topological polar surface area (TPSA) is 55.4 Å². The van der Waals surface area contributed by atoms with E-state index in [2.05, 4.69) is 10.1 Å². The Labute approximate surface area is 76.0 Å². The first kappa shape index (κ1) is 11.3. The van der Waals surface area contributed by atoms with Crippen molar-refractivity contribution in [3.63, 3.8) is 0 Å². The van der Waals surface area contributed by atoms with Crippen LogP contribution in [0.3, 0.4) is 0 Å². The van der Waals surface area contributed by atoms with Crippen LogP contribution in [0.1, 0.15) is 13.3 Å². The van der Waals surface area contributed by atoms with Crippen molar-refractivity contribution in [1.29, 1.82) is 0 Å². The predicted molar refractivity (Wildman–Crippen MR) is 48.1 cm³/mol. The highest BCUT2D eigenvalue weighted by atomic mass is 32.2. The van der Waals surface area contributed by atoms with E-state index in [0.29, 0.717) is 6.42 Å². The smallest absolute Gasteiger partial charge is 0.328 e. The first-order chi connectivity index (χ1) is 5.65. The van der Waals surface area contributed by atoms with Crippen LogP contribution in [0.25, 0.3) is 0 Å². The Morgan fingerprint density at radius 3 is 2.50 bits per heavy atom. The Kier molecular flexibility index (Phi) is 5.53. The Hall–Kier alpha value is -0.710. The molecule has 70 valence electrons. The van der Waals surface area contributed by atoms with Gasteiger partial charge in [0, 0.05) is 0 Å². The van der Waals surface area contributed by atoms with Crippen LogP contribution in [0, 0.1) is 0 Å². The van der Waals surface area contributed by atoms with E-state index in [9.17, 15) is 9.59 Å². The van der Waals surface area contributed by atoms with Crippen LogP contribution in [0.4, 0.5) is 4.79 Å². The molecule has 0 radical (unpaired) electrons. The number of carbonyl (C=O) groups is 2. The summed E-state index contributed by atoms with van der Waals surface area (Å²) in [5, 5.41) is 2.30. The summed E-state index contributed by atoms with van der Waals surface area (Å²) >= 11 is 1.04. The highest BCUT2D eigenvalue weighted by Gasteiger charge is 2.18. The maximum atomic E-state index is 10.9. The van der Waals surface area contributed by atoms with E-state index < -0.39 is 12.0 Å². The second-order valence-electron chi connectivity index (χ2n) is 2.12. The first-order valence-corrected chi connectivity index (χ1v) is 4.80. The lowest BCUT2D eigenvalue weighted by molar-refractivity contribution is -0.142. The van der Waals surface area contributed by atoms with Crippen molar-refractivity contribution in [2.24, 2.45) is 0 Å². The summed E-state index contributed by atoms with van der Waals surface area (Å²) in [5.41, 5.74) is 0. The molecule has 4 nitrogen and oxygen atoms in total. The van der Waals surface area contributed by atoms with Gasteiger partial charge in [-0.05, 0) is 12.7 Å². The normalized spacial score (nSPS) is 11.9. The van der Waals surface area contributed by atoms with E-state index in [1.165, 1.54) is 7.11 Å². The zero-order valence-electron chi connectivity index (χ0n) is 7.42. The van der Waals surface area contributed by atoms with Crippen molar-refractivity contribution in [2.45, 2.75) is 19.4 Å². The van der Waals surface area contributed by atoms with E-state index in [-0.39, 0.29) is 5.24 Å². The minimum Gasteiger partial charge on any atom is -0.467 e. The summed E-state index contributed by atoms with van der Waals surface area (Å²) in [6.07, 6.45) is 2.19. The summed E-state index contributed by atoms with van der Waals surface area (Å²) < 4.78 is 4.49. The number of hydrogen-bond donors (Lipinski definition) is 1. The number of nitrogens with one attached hydrogen (secondary N) is 1. The van der Waals surface area contributed by atoms with Crippen LogP contribution in [0.5, 0.6) is 0 Å². The molecule has 0 heterocycles. The predicted octanol–water partition coefficient (Wildman–Crippen LogP) is 1.01. The van der Waals surface area contributed by atoms with Gasteiger partial charge in [-0.3, -0.25) is 4.79 Å². The molecule has 0 aliphatic heterocycles. The number of methoxy groups -OCH3 is 1.